The summed E-state index contributed by atoms with van der Waals surface area (Å²) in [7, 11) is -2.21. The van der Waals surface area contributed by atoms with E-state index in [2.05, 4.69) is 5.32 Å². The van der Waals surface area contributed by atoms with Crippen molar-refractivity contribution in [3.8, 4) is 0 Å². The van der Waals surface area contributed by atoms with Crippen LogP contribution in [0.2, 0.25) is 0 Å². The normalized spacial score (nSPS) is 12.2. The maximum absolute atomic E-state index is 13.5. The van der Waals surface area contributed by atoms with Gasteiger partial charge in [-0.25, -0.2) is 8.42 Å². The number of nitrogens with zero attached hydrogens (tertiary/aromatic N) is 2. The molecule has 2 aromatic carbocycles. The standard InChI is InChI=1S/C24H33N3O4S/c1-7-21(24(29)25-5)26(15-20-12-9-17(2)10-13-20)23(28)16-27(32(6,30)31)22-14-18(3)8-11-19(22)4/h8-14,21H,7,15-16H2,1-6H3,(H,25,29)/t21-/m0/s1. The molecule has 0 bridgehead atoms. The summed E-state index contributed by atoms with van der Waals surface area (Å²) in [5.41, 5.74) is 4.05. The van der Waals surface area contributed by atoms with Gasteiger partial charge in [-0.15, -0.1) is 0 Å². The topological polar surface area (TPSA) is 86.8 Å². The number of rotatable bonds is 9. The summed E-state index contributed by atoms with van der Waals surface area (Å²) in [5.74, 6) is -0.724. The van der Waals surface area contributed by atoms with Gasteiger partial charge < -0.3 is 10.2 Å². The molecule has 0 aliphatic rings. The summed E-state index contributed by atoms with van der Waals surface area (Å²) in [4.78, 5) is 27.5. The van der Waals surface area contributed by atoms with Crippen LogP contribution in [0.15, 0.2) is 42.5 Å². The number of carbonyl (C=O) groups excluding carboxylic acids is 2. The molecule has 0 spiro atoms. The van der Waals surface area contributed by atoms with Gasteiger partial charge in [0.25, 0.3) is 0 Å². The van der Waals surface area contributed by atoms with E-state index in [1.807, 2.05) is 57.2 Å². The van der Waals surface area contributed by atoms with Crippen molar-refractivity contribution in [1.29, 1.82) is 0 Å². The Morgan fingerprint density at radius 1 is 1.00 bits per heavy atom. The fourth-order valence-electron chi connectivity index (χ4n) is 3.56. The van der Waals surface area contributed by atoms with Gasteiger partial charge in [-0.3, -0.25) is 13.9 Å². The summed E-state index contributed by atoms with van der Waals surface area (Å²) >= 11 is 0. The van der Waals surface area contributed by atoms with E-state index < -0.39 is 22.0 Å². The smallest absolute Gasteiger partial charge is 0.244 e. The molecule has 0 radical (unpaired) electrons. The van der Waals surface area contributed by atoms with Crippen LogP contribution in [0.3, 0.4) is 0 Å². The monoisotopic (exact) mass is 459 g/mol. The third-order valence-corrected chi connectivity index (χ3v) is 6.54. The number of aryl methyl sites for hydroxylation is 3. The second-order valence-corrected chi connectivity index (χ2v) is 10.0. The van der Waals surface area contributed by atoms with Gasteiger partial charge in [-0.05, 0) is 49.9 Å². The lowest BCUT2D eigenvalue weighted by molar-refractivity contribution is -0.140. The zero-order valence-electron chi connectivity index (χ0n) is 19.7. The number of amides is 2. The number of sulfonamides is 1. The predicted octanol–water partition coefficient (Wildman–Crippen LogP) is 2.93. The van der Waals surface area contributed by atoms with Crippen LogP contribution in [0.5, 0.6) is 0 Å². The Balaban J connectivity index is 2.46. The van der Waals surface area contributed by atoms with Gasteiger partial charge in [0.2, 0.25) is 21.8 Å². The fourth-order valence-corrected chi connectivity index (χ4v) is 4.46. The number of hydrogen-bond acceptors (Lipinski definition) is 4. The van der Waals surface area contributed by atoms with Crippen LogP contribution in [0.1, 0.15) is 35.6 Å². The van der Waals surface area contributed by atoms with Crippen LogP contribution < -0.4 is 9.62 Å². The summed E-state index contributed by atoms with van der Waals surface area (Å²) in [6, 6.07) is 12.5. The van der Waals surface area contributed by atoms with Crippen LogP contribution in [0, 0.1) is 20.8 Å². The van der Waals surface area contributed by atoms with Gasteiger partial charge in [0.05, 0.1) is 11.9 Å². The Hall–Kier alpha value is -2.87. The first-order valence-corrected chi connectivity index (χ1v) is 12.4. The van der Waals surface area contributed by atoms with Crippen LogP contribution in [0.25, 0.3) is 0 Å². The van der Waals surface area contributed by atoms with E-state index in [1.165, 1.54) is 11.9 Å². The van der Waals surface area contributed by atoms with E-state index in [4.69, 9.17) is 0 Å². The number of hydrogen-bond donors (Lipinski definition) is 1. The maximum Gasteiger partial charge on any atom is 0.244 e. The second kappa shape index (κ2) is 10.6. The number of likely N-dealkylation sites (N-methyl/N-ethyl adjacent to an activating group) is 1. The van der Waals surface area contributed by atoms with E-state index in [-0.39, 0.29) is 19.0 Å². The van der Waals surface area contributed by atoms with Gasteiger partial charge in [0.15, 0.2) is 0 Å². The Morgan fingerprint density at radius 3 is 2.12 bits per heavy atom. The quantitative estimate of drug-likeness (QED) is 0.625. The molecule has 0 saturated carbocycles. The highest BCUT2D eigenvalue weighted by Gasteiger charge is 2.31. The van der Waals surface area contributed by atoms with E-state index in [9.17, 15) is 18.0 Å². The van der Waals surface area contributed by atoms with Crippen molar-refractivity contribution in [2.24, 2.45) is 0 Å². The molecule has 32 heavy (non-hydrogen) atoms. The zero-order valence-corrected chi connectivity index (χ0v) is 20.5. The maximum atomic E-state index is 13.5. The molecule has 0 saturated heterocycles. The molecule has 174 valence electrons. The SMILES string of the molecule is CC[C@@H](C(=O)NC)N(Cc1ccc(C)cc1)C(=O)CN(c1cc(C)ccc1C)S(C)(=O)=O. The van der Waals surface area contributed by atoms with E-state index in [0.717, 1.165) is 32.8 Å². The van der Waals surface area contributed by atoms with E-state index in [0.29, 0.717) is 12.1 Å². The van der Waals surface area contributed by atoms with Crippen molar-refractivity contribution >= 4 is 27.5 Å². The molecule has 1 N–H and O–H groups in total. The third-order valence-electron chi connectivity index (χ3n) is 5.42. The highest BCUT2D eigenvalue weighted by molar-refractivity contribution is 7.92. The van der Waals surface area contributed by atoms with Gasteiger partial charge in [0, 0.05) is 13.6 Å². The average Bonchev–Trinajstić information content (AvgIpc) is 2.73. The molecule has 0 fully saturated rings. The first kappa shape index (κ1) is 25.4. The first-order valence-electron chi connectivity index (χ1n) is 10.6. The fraction of sp³-hybridized carbons (Fsp3) is 0.417. The Bertz CT molecular complexity index is 1070. The Kier molecular flexibility index (Phi) is 8.44. The molecule has 1 atom stereocenters. The summed E-state index contributed by atoms with van der Waals surface area (Å²) in [6.45, 7) is 7.29. The van der Waals surface area contributed by atoms with E-state index in [1.54, 1.807) is 13.0 Å². The molecular weight excluding hydrogens is 426 g/mol. The molecule has 7 nitrogen and oxygen atoms in total. The molecule has 2 rings (SSSR count). The molecule has 0 aliphatic heterocycles. The van der Waals surface area contributed by atoms with Gasteiger partial charge in [-0.1, -0.05) is 48.9 Å². The van der Waals surface area contributed by atoms with Crippen molar-refractivity contribution in [3.05, 3.63) is 64.7 Å². The summed E-state index contributed by atoms with van der Waals surface area (Å²) in [6.07, 6.45) is 1.49. The van der Waals surface area contributed by atoms with Crippen LogP contribution in [-0.2, 0) is 26.2 Å². The number of benzene rings is 2. The van der Waals surface area contributed by atoms with Crippen molar-refractivity contribution < 1.29 is 18.0 Å². The van der Waals surface area contributed by atoms with Crippen molar-refractivity contribution in [1.82, 2.24) is 10.2 Å². The highest BCUT2D eigenvalue weighted by atomic mass is 32.2. The molecule has 0 unspecified atom stereocenters. The van der Waals surface area contributed by atoms with Crippen molar-refractivity contribution in [2.75, 3.05) is 24.2 Å². The molecule has 0 heterocycles. The average molecular weight is 460 g/mol. The third kappa shape index (κ3) is 6.32. The van der Waals surface area contributed by atoms with Crippen LogP contribution in [-0.4, -0.2) is 51.0 Å². The molecule has 2 amide bonds. The minimum absolute atomic E-state index is 0.204. The molecular formula is C24H33N3O4S. The van der Waals surface area contributed by atoms with Gasteiger partial charge in [0.1, 0.15) is 12.6 Å². The van der Waals surface area contributed by atoms with Crippen LogP contribution >= 0.6 is 0 Å². The van der Waals surface area contributed by atoms with Crippen molar-refractivity contribution in [2.45, 2.75) is 46.7 Å². The lowest BCUT2D eigenvalue weighted by atomic mass is 10.1. The second-order valence-electron chi connectivity index (χ2n) is 8.11. The molecule has 8 heteroatoms. The summed E-state index contributed by atoms with van der Waals surface area (Å²) < 4.78 is 26.4. The molecule has 2 aromatic rings. The lowest BCUT2D eigenvalue weighted by Crippen LogP contribution is -2.51. The Morgan fingerprint density at radius 2 is 1.59 bits per heavy atom. The largest absolute Gasteiger partial charge is 0.357 e. The zero-order chi connectivity index (χ0) is 24.1. The number of carbonyl (C=O) groups is 2. The van der Waals surface area contributed by atoms with Crippen molar-refractivity contribution in [3.63, 3.8) is 0 Å². The minimum atomic E-state index is -3.74. The first-order chi connectivity index (χ1) is 15.0. The summed E-state index contributed by atoms with van der Waals surface area (Å²) in [5, 5.41) is 2.61. The highest BCUT2D eigenvalue weighted by Crippen LogP contribution is 2.25. The Labute approximate surface area is 191 Å². The van der Waals surface area contributed by atoms with Gasteiger partial charge >= 0.3 is 0 Å². The van der Waals surface area contributed by atoms with E-state index >= 15 is 0 Å². The van der Waals surface area contributed by atoms with Crippen LogP contribution in [0.4, 0.5) is 5.69 Å². The molecule has 0 aliphatic carbocycles. The van der Waals surface area contributed by atoms with Gasteiger partial charge in [-0.2, -0.15) is 0 Å². The lowest BCUT2D eigenvalue weighted by Gasteiger charge is -2.33. The minimum Gasteiger partial charge on any atom is -0.357 e. The number of anilines is 1. The predicted molar refractivity (Wildman–Crippen MR) is 128 cm³/mol. The number of nitrogens with one attached hydrogen (secondary N) is 1. The molecule has 0 aromatic heterocycles.